The summed E-state index contributed by atoms with van der Waals surface area (Å²) in [5.41, 5.74) is 2.92. The van der Waals surface area contributed by atoms with Crippen LogP contribution in [0.1, 0.15) is 30.0 Å². The molecule has 0 spiro atoms. The van der Waals surface area contributed by atoms with Gasteiger partial charge in [-0.2, -0.15) is 0 Å². The Balaban J connectivity index is 1.77. The lowest BCUT2D eigenvalue weighted by atomic mass is 10.0. The molecule has 0 unspecified atom stereocenters. The fraction of sp³-hybridized carbons (Fsp3) is 0.310. The Kier molecular flexibility index (Phi) is 11.1. The number of carbonyl (C=O) groups is 2. The Hall–Kier alpha value is -3.32. The summed E-state index contributed by atoms with van der Waals surface area (Å²) in [6.45, 7) is 2.36. The lowest BCUT2D eigenvalue weighted by molar-refractivity contribution is -0.180. The SMILES string of the molecule is CC(=O)O[C@H](COCc1ccccc1)[C@H](OCc1ccccc1)[C@@H](CC=O)OCc1ccccc1. The van der Waals surface area contributed by atoms with Crippen molar-refractivity contribution in [3.8, 4) is 0 Å². The predicted molar refractivity (Wildman–Crippen MR) is 132 cm³/mol. The van der Waals surface area contributed by atoms with Crippen molar-refractivity contribution in [2.24, 2.45) is 0 Å². The maximum atomic E-state index is 12.0. The highest BCUT2D eigenvalue weighted by Gasteiger charge is 2.34. The highest BCUT2D eigenvalue weighted by Crippen LogP contribution is 2.20. The third-order valence-corrected chi connectivity index (χ3v) is 5.36. The zero-order valence-electron chi connectivity index (χ0n) is 20.0. The van der Waals surface area contributed by atoms with Crippen molar-refractivity contribution >= 4 is 12.3 Å². The lowest BCUT2D eigenvalue weighted by Crippen LogP contribution is -2.46. The van der Waals surface area contributed by atoms with Crippen molar-refractivity contribution in [2.75, 3.05) is 6.61 Å². The number of hydrogen-bond acceptors (Lipinski definition) is 6. The minimum atomic E-state index is -0.763. The van der Waals surface area contributed by atoms with Gasteiger partial charge in [-0.25, -0.2) is 0 Å². The molecule has 6 heteroatoms. The summed E-state index contributed by atoms with van der Waals surface area (Å²) in [6.07, 6.45) is -1.24. The second-order valence-electron chi connectivity index (χ2n) is 8.15. The molecule has 0 radical (unpaired) electrons. The first-order valence-corrected chi connectivity index (χ1v) is 11.7. The van der Waals surface area contributed by atoms with E-state index in [1.807, 2.05) is 91.0 Å². The van der Waals surface area contributed by atoms with Gasteiger partial charge in [0.1, 0.15) is 12.4 Å². The number of hydrogen-bond donors (Lipinski definition) is 0. The van der Waals surface area contributed by atoms with Crippen molar-refractivity contribution < 1.29 is 28.5 Å². The molecule has 184 valence electrons. The third-order valence-electron chi connectivity index (χ3n) is 5.36. The van der Waals surface area contributed by atoms with E-state index in [0.29, 0.717) is 13.2 Å². The van der Waals surface area contributed by atoms with Gasteiger partial charge < -0.3 is 23.7 Å². The van der Waals surface area contributed by atoms with E-state index in [-0.39, 0.29) is 19.6 Å². The Morgan fingerprint density at radius 1 is 0.714 bits per heavy atom. The van der Waals surface area contributed by atoms with E-state index in [1.165, 1.54) is 6.92 Å². The molecule has 35 heavy (non-hydrogen) atoms. The van der Waals surface area contributed by atoms with Crippen LogP contribution < -0.4 is 0 Å². The number of aldehydes is 1. The van der Waals surface area contributed by atoms with Crippen LogP contribution in [-0.2, 0) is 48.4 Å². The fourth-order valence-electron chi connectivity index (χ4n) is 3.67. The van der Waals surface area contributed by atoms with E-state index < -0.39 is 24.3 Å². The average molecular weight is 477 g/mol. The van der Waals surface area contributed by atoms with Crippen LogP contribution in [0.4, 0.5) is 0 Å². The number of rotatable bonds is 15. The van der Waals surface area contributed by atoms with Gasteiger partial charge >= 0.3 is 5.97 Å². The number of esters is 1. The van der Waals surface area contributed by atoms with Gasteiger partial charge in [-0.05, 0) is 16.7 Å². The van der Waals surface area contributed by atoms with Gasteiger partial charge in [0.15, 0.2) is 6.10 Å². The van der Waals surface area contributed by atoms with Gasteiger partial charge in [0.05, 0.1) is 32.5 Å². The van der Waals surface area contributed by atoms with Crippen LogP contribution in [0.3, 0.4) is 0 Å². The molecule has 0 aliphatic rings. The van der Waals surface area contributed by atoms with Crippen LogP contribution in [0.15, 0.2) is 91.0 Å². The van der Waals surface area contributed by atoms with E-state index in [9.17, 15) is 9.59 Å². The normalized spacial score (nSPS) is 13.5. The zero-order valence-corrected chi connectivity index (χ0v) is 20.0. The maximum absolute atomic E-state index is 12.0. The molecule has 3 rings (SSSR count). The summed E-state index contributed by atoms with van der Waals surface area (Å²) >= 11 is 0. The van der Waals surface area contributed by atoms with Crippen LogP contribution in [0.2, 0.25) is 0 Å². The lowest BCUT2D eigenvalue weighted by Gasteiger charge is -2.32. The molecule has 0 bridgehead atoms. The molecule has 0 saturated heterocycles. The Morgan fingerprint density at radius 2 is 1.20 bits per heavy atom. The van der Waals surface area contributed by atoms with E-state index in [1.54, 1.807) is 0 Å². The first-order valence-electron chi connectivity index (χ1n) is 11.7. The summed E-state index contributed by atoms with van der Waals surface area (Å²) in [4.78, 5) is 23.6. The number of carbonyl (C=O) groups excluding carboxylic acids is 2. The van der Waals surface area contributed by atoms with Crippen LogP contribution >= 0.6 is 0 Å². The molecule has 6 nitrogen and oxygen atoms in total. The highest BCUT2D eigenvalue weighted by molar-refractivity contribution is 5.66. The molecule has 0 saturated carbocycles. The van der Waals surface area contributed by atoms with Gasteiger partial charge in [-0.1, -0.05) is 91.0 Å². The molecule has 0 aromatic heterocycles. The average Bonchev–Trinajstić information content (AvgIpc) is 2.88. The van der Waals surface area contributed by atoms with E-state index >= 15 is 0 Å². The Morgan fingerprint density at radius 3 is 1.69 bits per heavy atom. The largest absolute Gasteiger partial charge is 0.457 e. The molecule has 0 fully saturated rings. The van der Waals surface area contributed by atoms with Gasteiger partial charge in [-0.3, -0.25) is 4.79 Å². The maximum Gasteiger partial charge on any atom is 0.303 e. The molecule has 3 aromatic carbocycles. The molecular weight excluding hydrogens is 444 g/mol. The first-order chi connectivity index (χ1) is 17.2. The predicted octanol–water partition coefficient (Wildman–Crippen LogP) is 4.89. The van der Waals surface area contributed by atoms with Gasteiger partial charge in [0, 0.05) is 13.3 Å². The molecule has 0 N–H and O–H groups in total. The van der Waals surface area contributed by atoms with Crippen LogP contribution in [0.5, 0.6) is 0 Å². The summed E-state index contributed by atoms with van der Waals surface area (Å²) < 4.78 is 23.9. The molecule has 3 aromatic rings. The summed E-state index contributed by atoms with van der Waals surface area (Å²) in [6, 6.07) is 29.1. The fourth-order valence-corrected chi connectivity index (χ4v) is 3.67. The summed E-state index contributed by atoms with van der Waals surface area (Å²) in [5.74, 6) is -0.459. The Bertz CT molecular complexity index is 993. The van der Waals surface area contributed by atoms with Gasteiger partial charge in [0.2, 0.25) is 0 Å². The smallest absolute Gasteiger partial charge is 0.303 e. The van der Waals surface area contributed by atoms with Gasteiger partial charge in [-0.15, -0.1) is 0 Å². The molecule has 3 atom stereocenters. The van der Waals surface area contributed by atoms with Crippen molar-refractivity contribution in [3.63, 3.8) is 0 Å². The van der Waals surface area contributed by atoms with Crippen molar-refractivity contribution in [1.82, 2.24) is 0 Å². The van der Waals surface area contributed by atoms with E-state index in [2.05, 4.69) is 0 Å². The van der Waals surface area contributed by atoms with Crippen LogP contribution in [0, 0.1) is 0 Å². The molecule has 0 aliphatic heterocycles. The number of benzene rings is 3. The third kappa shape index (κ3) is 9.45. The van der Waals surface area contributed by atoms with Crippen molar-refractivity contribution in [1.29, 1.82) is 0 Å². The topological polar surface area (TPSA) is 71.1 Å². The Labute approximate surface area is 206 Å². The minimum absolute atomic E-state index is 0.0861. The second kappa shape index (κ2) is 14.8. The van der Waals surface area contributed by atoms with Crippen LogP contribution in [0.25, 0.3) is 0 Å². The van der Waals surface area contributed by atoms with E-state index in [4.69, 9.17) is 18.9 Å². The molecule has 0 amide bonds. The zero-order chi connectivity index (χ0) is 24.7. The summed E-state index contributed by atoms with van der Waals surface area (Å²) in [7, 11) is 0. The monoisotopic (exact) mass is 476 g/mol. The molecule has 0 aliphatic carbocycles. The summed E-state index contributed by atoms with van der Waals surface area (Å²) in [5, 5.41) is 0. The second-order valence-corrected chi connectivity index (χ2v) is 8.15. The molecule has 0 heterocycles. The number of ether oxygens (including phenoxy) is 4. The quantitative estimate of drug-likeness (QED) is 0.230. The standard InChI is InChI=1S/C29H32O6/c1-23(31)35-28(22-32-19-24-11-5-2-6-12-24)29(34-21-26-15-9-4-10-16-26)27(17-18-30)33-20-25-13-7-3-8-14-25/h2-16,18,27-29H,17,19-22H2,1H3/t27-,28-,29-/m1/s1. The van der Waals surface area contributed by atoms with E-state index in [0.717, 1.165) is 23.0 Å². The molecular formula is C29H32O6. The van der Waals surface area contributed by atoms with Gasteiger partial charge in [0.25, 0.3) is 0 Å². The first kappa shape index (κ1) is 26.3. The van der Waals surface area contributed by atoms with Crippen LogP contribution in [-0.4, -0.2) is 37.2 Å². The van der Waals surface area contributed by atoms with Crippen molar-refractivity contribution in [3.05, 3.63) is 108 Å². The highest BCUT2D eigenvalue weighted by atomic mass is 16.6. The minimum Gasteiger partial charge on any atom is -0.457 e. The van der Waals surface area contributed by atoms with Crippen molar-refractivity contribution in [2.45, 2.75) is 51.5 Å².